The first-order valence-electron chi connectivity index (χ1n) is 8.83. The van der Waals surface area contributed by atoms with E-state index in [4.69, 9.17) is 0 Å². The van der Waals surface area contributed by atoms with Gasteiger partial charge in [-0.3, -0.25) is 4.79 Å². The predicted molar refractivity (Wildman–Crippen MR) is 101 cm³/mol. The molecule has 1 aromatic carbocycles. The maximum Gasteiger partial charge on any atom is 0.304 e. The zero-order valence-corrected chi connectivity index (χ0v) is 15.7. The minimum absolute atomic E-state index is 0.00880. The summed E-state index contributed by atoms with van der Waals surface area (Å²) in [5.74, 6) is -0.808. The summed E-state index contributed by atoms with van der Waals surface area (Å²) in [6.07, 6.45) is 3.97. The molecular weight excluding hydrogens is 337 g/mol. The van der Waals surface area contributed by atoms with Crippen LogP contribution in [-0.4, -0.2) is 15.6 Å². The molecular formula is C20H24FNO2S. The van der Waals surface area contributed by atoms with Gasteiger partial charge in [0.2, 0.25) is 0 Å². The zero-order valence-electron chi connectivity index (χ0n) is 14.9. The number of rotatable bonds is 6. The number of hydrogen-bond acceptors (Lipinski definition) is 2. The van der Waals surface area contributed by atoms with Crippen molar-refractivity contribution in [1.82, 2.24) is 4.57 Å². The average molecular weight is 361 g/mol. The van der Waals surface area contributed by atoms with Gasteiger partial charge in [-0.15, -0.1) is 0 Å². The Hall–Kier alpha value is -1.75. The first-order chi connectivity index (χ1) is 11.9. The second-order valence-electron chi connectivity index (χ2n) is 6.89. The van der Waals surface area contributed by atoms with Crippen molar-refractivity contribution in [3.63, 3.8) is 0 Å². The monoisotopic (exact) mass is 361 g/mol. The third kappa shape index (κ3) is 3.34. The molecule has 134 valence electrons. The molecule has 1 N–H and O–H groups in total. The second kappa shape index (κ2) is 7.24. The van der Waals surface area contributed by atoms with Crippen LogP contribution in [0.15, 0.2) is 28.5 Å². The van der Waals surface area contributed by atoms with Crippen molar-refractivity contribution in [3.05, 3.63) is 40.7 Å². The number of hydrogen-bond donors (Lipinski definition) is 1. The number of thioether (sulfide) groups is 1. The van der Waals surface area contributed by atoms with E-state index < -0.39 is 5.97 Å². The van der Waals surface area contributed by atoms with Gasteiger partial charge in [0.05, 0.1) is 11.9 Å². The maximum atomic E-state index is 14.2. The molecule has 5 heteroatoms. The summed E-state index contributed by atoms with van der Waals surface area (Å²) < 4.78 is 16.4. The molecule has 25 heavy (non-hydrogen) atoms. The van der Waals surface area contributed by atoms with E-state index in [1.165, 1.54) is 0 Å². The fourth-order valence-electron chi connectivity index (χ4n) is 3.72. The van der Waals surface area contributed by atoms with E-state index in [0.717, 1.165) is 46.4 Å². The maximum absolute atomic E-state index is 14.2. The van der Waals surface area contributed by atoms with Crippen LogP contribution < -0.4 is 0 Å². The Balaban J connectivity index is 2.26. The first kappa shape index (κ1) is 18.1. The van der Waals surface area contributed by atoms with Crippen molar-refractivity contribution in [2.75, 3.05) is 0 Å². The minimum Gasteiger partial charge on any atom is -0.481 e. The van der Waals surface area contributed by atoms with E-state index in [-0.39, 0.29) is 24.1 Å². The number of carboxylic acids is 1. The van der Waals surface area contributed by atoms with Crippen LogP contribution in [0.4, 0.5) is 4.39 Å². The van der Waals surface area contributed by atoms with Crippen molar-refractivity contribution in [2.45, 2.75) is 63.3 Å². The van der Waals surface area contributed by atoms with E-state index in [1.807, 2.05) is 0 Å². The minimum atomic E-state index is -0.779. The number of aryl methyl sites for hydroxylation is 1. The van der Waals surface area contributed by atoms with Gasteiger partial charge in [-0.05, 0) is 41.9 Å². The van der Waals surface area contributed by atoms with Crippen LogP contribution >= 0.6 is 11.8 Å². The first-order valence-corrected chi connectivity index (χ1v) is 9.71. The van der Waals surface area contributed by atoms with Crippen molar-refractivity contribution < 1.29 is 14.3 Å². The van der Waals surface area contributed by atoms with Gasteiger partial charge in [0.25, 0.3) is 0 Å². The van der Waals surface area contributed by atoms with Crippen LogP contribution in [0.5, 0.6) is 0 Å². The molecule has 1 unspecified atom stereocenters. The molecule has 0 amide bonds. The third-order valence-corrected chi connectivity index (χ3v) is 5.78. The summed E-state index contributed by atoms with van der Waals surface area (Å²) >= 11 is 1.64. The number of benzene rings is 1. The van der Waals surface area contributed by atoms with Gasteiger partial charge >= 0.3 is 5.97 Å². The highest BCUT2D eigenvalue weighted by Crippen LogP contribution is 2.47. The van der Waals surface area contributed by atoms with Crippen molar-refractivity contribution >= 4 is 28.6 Å². The Morgan fingerprint density at radius 3 is 2.88 bits per heavy atom. The van der Waals surface area contributed by atoms with E-state index in [1.54, 1.807) is 23.9 Å². The van der Waals surface area contributed by atoms with Crippen molar-refractivity contribution in [1.29, 1.82) is 0 Å². The summed E-state index contributed by atoms with van der Waals surface area (Å²) in [5.41, 5.74) is 2.97. The van der Waals surface area contributed by atoms with E-state index in [9.17, 15) is 14.3 Å². The SMILES string of the molecule is CC/C=C/Sc1c2n(c3cc(F)cc(C(C)C)c13)CCC2CC(=O)O. The fourth-order valence-corrected chi connectivity index (χ4v) is 4.88. The summed E-state index contributed by atoms with van der Waals surface area (Å²) in [4.78, 5) is 12.4. The molecule has 0 radical (unpaired) electrons. The van der Waals surface area contributed by atoms with E-state index in [0.29, 0.717) is 0 Å². The van der Waals surface area contributed by atoms with Gasteiger partial charge in [-0.2, -0.15) is 0 Å². The highest BCUT2D eigenvalue weighted by atomic mass is 32.2. The van der Waals surface area contributed by atoms with Gasteiger partial charge in [0, 0.05) is 28.4 Å². The number of aliphatic carboxylic acids is 1. The van der Waals surface area contributed by atoms with Gasteiger partial charge < -0.3 is 9.67 Å². The molecule has 0 aliphatic carbocycles. The standard InChI is InChI=1S/C20H24FNO2S/c1-4-5-8-25-20-18-15(12(2)3)10-14(21)11-16(18)22-7-6-13(19(20)22)9-17(23)24/h5,8,10-13H,4,6-7,9H2,1-3H3,(H,23,24)/b8-5+. The number of nitrogens with zero attached hydrogens (tertiary/aromatic N) is 1. The molecule has 3 nitrogen and oxygen atoms in total. The molecule has 1 aliphatic rings. The quantitative estimate of drug-likeness (QED) is 0.653. The van der Waals surface area contributed by atoms with Crippen LogP contribution in [0.1, 0.15) is 63.1 Å². The molecule has 3 rings (SSSR count). The van der Waals surface area contributed by atoms with Crippen LogP contribution in [0.3, 0.4) is 0 Å². The highest BCUT2D eigenvalue weighted by molar-refractivity contribution is 8.02. The average Bonchev–Trinajstić information content (AvgIpc) is 3.06. The summed E-state index contributed by atoms with van der Waals surface area (Å²) in [6, 6.07) is 3.23. The van der Waals surface area contributed by atoms with Gasteiger partial charge in [0.15, 0.2) is 0 Å². The summed E-state index contributed by atoms with van der Waals surface area (Å²) in [6.45, 7) is 6.98. The molecule has 1 atom stereocenters. The van der Waals surface area contributed by atoms with Crippen LogP contribution in [0.25, 0.3) is 10.9 Å². The van der Waals surface area contributed by atoms with E-state index in [2.05, 4.69) is 36.8 Å². The van der Waals surface area contributed by atoms with Crippen molar-refractivity contribution in [3.8, 4) is 0 Å². The lowest BCUT2D eigenvalue weighted by atomic mass is 9.96. The molecule has 0 bridgehead atoms. The third-order valence-electron chi connectivity index (χ3n) is 4.80. The number of aromatic nitrogens is 1. The number of carbonyl (C=O) groups is 1. The molecule has 1 aromatic heterocycles. The number of halogens is 1. The molecule has 0 saturated carbocycles. The number of fused-ring (bicyclic) bond motifs is 3. The highest BCUT2D eigenvalue weighted by Gasteiger charge is 2.32. The summed E-state index contributed by atoms with van der Waals surface area (Å²) in [7, 11) is 0. The smallest absolute Gasteiger partial charge is 0.304 e. The second-order valence-corrected chi connectivity index (χ2v) is 7.81. The lowest BCUT2D eigenvalue weighted by Gasteiger charge is -2.12. The topological polar surface area (TPSA) is 42.2 Å². The number of carboxylic acid groups (broad SMARTS) is 1. The van der Waals surface area contributed by atoms with Crippen LogP contribution in [0, 0.1) is 5.82 Å². The number of allylic oxidation sites excluding steroid dienone is 1. The van der Waals surface area contributed by atoms with Gasteiger partial charge in [0.1, 0.15) is 5.82 Å². The Morgan fingerprint density at radius 1 is 1.48 bits per heavy atom. The van der Waals surface area contributed by atoms with Crippen LogP contribution in [0.2, 0.25) is 0 Å². The van der Waals surface area contributed by atoms with Crippen LogP contribution in [-0.2, 0) is 11.3 Å². The van der Waals surface area contributed by atoms with Crippen molar-refractivity contribution in [2.24, 2.45) is 0 Å². The Bertz CT molecular complexity index is 838. The molecule has 2 heterocycles. The Morgan fingerprint density at radius 2 is 2.24 bits per heavy atom. The molecule has 0 spiro atoms. The largest absolute Gasteiger partial charge is 0.481 e. The van der Waals surface area contributed by atoms with E-state index >= 15 is 0 Å². The molecule has 0 fully saturated rings. The predicted octanol–water partition coefficient (Wildman–Crippen LogP) is 5.88. The molecule has 0 saturated heterocycles. The molecule has 1 aliphatic heterocycles. The van der Waals surface area contributed by atoms with Gasteiger partial charge in [-0.25, -0.2) is 4.39 Å². The Labute approximate surface area is 151 Å². The normalized spacial score (nSPS) is 17.1. The van der Waals surface area contributed by atoms with Gasteiger partial charge in [-0.1, -0.05) is 38.6 Å². The zero-order chi connectivity index (χ0) is 18.1. The Kier molecular flexibility index (Phi) is 5.23. The molecule has 2 aromatic rings. The lowest BCUT2D eigenvalue weighted by Crippen LogP contribution is -2.04. The fraction of sp³-hybridized carbons (Fsp3) is 0.450. The lowest BCUT2D eigenvalue weighted by molar-refractivity contribution is -0.137. The summed E-state index contributed by atoms with van der Waals surface area (Å²) in [5, 5.41) is 12.4.